The molecule has 16 heavy (non-hydrogen) atoms. The van der Waals surface area contributed by atoms with Crippen LogP contribution in [0.2, 0.25) is 0 Å². The van der Waals surface area contributed by atoms with E-state index in [-0.39, 0.29) is 0 Å². The summed E-state index contributed by atoms with van der Waals surface area (Å²) in [6.07, 6.45) is 1.63. The Bertz CT molecular complexity index is 374. The van der Waals surface area contributed by atoms with Crippen molar-refractivity contribution in [2.45, 2.75) is 12.6 Å². The first-order valence-corrected chi connectivity index (χ1v) is 4.96. The second-order valence-electron chi connectivity index (χ2n) is 3.69. The number of hydrogen-bond donors (Lipinski definition) is 2. The summed E-state index contributed by atoms with van der Waals surface area (Å²) in [4.78, 5) is 12.7. The van der Waals surface area contributed by atoms with Gasteiger partial charge < -0.3 is 10.0 Å². The molecule has 0 fully saturated rings. The number of para-hydroxylation sites is 1. The predicted molar refractivity (Wildman–Crippen MR) is 64.2 cm³/mol. The van der Waals surface area contributed by atoms with Crippen LogP contribution in [0.4, 0.5) is 5.69 Å². The Balaban J connectivity index is 3.09. The lowest BCUT2D eigenvalue weighted by Crippen LogP contribution is -2.60. The molecule has 0 aliphatic rings. The Morgan fingerprint density at radius 1 is 1.56 bits per heavy atom. The summed E-state index contributed by atoms with van der Waals surface area (Å²) in [6, 6.07) is 9.17. The van der Waals surface area contributed by atoms with Crippen molar-refractivity contribution in [3.05, 3.63) is 43.0 Å². The van der Waals surface area contributed by atoms with Gasteiger partial charge in [0.15, 0.2) is 5.66 Å². The van der Waals surface area contributed by atoms with Crippen LogP contribution in [0.1, 0.15) is 6.92 Å². The van der Waals surface area contributed by atoms with Gasteiger partial charge in [-0.05, 0) is 19.1 Å². The predicted octanol–water partition coefficient (Wildman–Crippen LogP) is 1.44. The highest BCUT2D eigenvalue weighted by molar-refractivity contribution is 5.82. The summed E-state index contributed by atoms with van der Waals surface area (Å²) < 4.78 is 0. The number of nitrogens with two attached hydrogens (primary N) is 1. The molecule has 0 spiro atoms. The van der Waals surface area contributed by atoms with Crippen molar-refractivity contribution in [2.75, 3.05) is 11.4 Å². The molecule has 0 saturated carbocycles. The molecule has 1 aromatic rings. The zero-order valence-electron chi connectivity index (χ0n) is 9.26. The van der Waals surface area contributed by atoms with Crippen molar-refractivity contribution in [2.24, 2.45) is 5.73 Å². The number of benzene rings is 1. The summed E-state index contributed by atoms with van der Waals surface area (Å²) >= 11 is 0. The summed E-state index contributed by atoms with van der Waals surface area (Å²) in [5.74, 6) is -1.07. The van der Waals surface area contributed by atoms with E-state index in [1.165, 1.54) is 6.92 Å². The Morgan fingerprint density at radius 3 is 2.56 bits per heavy atom. The van der Waals surface area contributed by atoms with Crippen LogP contribution in [0.15, 0.2) is 43.0 Å². The average molecular weight is 220 g/mol. The van der Waals surface area contributed by atoms with Gasteiger partial charge in [0.2, 0.25) is 0 Å². The van der Waals surface area contributed by atoms with Crippen LogP contribution in [-0.4, -0.2) is 23.3 Å². The van der Waals surface area contributed by atoms with Gasteiger partial charge in [0.1, 0.15) is 0 Å². The molecule has 0 aliphatic heterocycles. The van der Waals surface area contributed by atoms with Crippen molar-refractivity contribution < 1.29 is 9.90 Å². The summed E-state index contributed by atoms with van der Waals surface area (Å²) in [6.45, 7) is 5.45. The first-order chi connectivity index (χ1) is 7.50. The first-order valence-electron chi connectivity index (χ1n) is 4.96. The normalized spacial score (nSPS) is 13.9. The molecule has 4 heteroatoms. The number of carboxylic acids is 1. The molecular weight excluding hydrogens is 204 g/mol. The van der Waals surface area contributed by atoms with Gasteiger partial charge >= 0.3 is 5.97 Å². The molecule has 3 N–H and O–H groups in total. The maximum Gasteiger partial charge on any atom is 0.344 e. The SMILES string of the molecule is C=CCN(c1ccccc1)C(C)(N)C(=O)O. The zero-order valence-corrected chi connectivity index (χ0v) is 9.26. The molecule has 1 atom stereocenters. The lowest BCUT2D eigenvalue weighted by molar-refractivity contribution is -0.142. The number of hydrogen-bond acceptors (Lipinski definition) is 3. The lowest BCUT2D eigenvalue weighted by Gasteiger charge is -2.35. The summed E-state index contributed by atoms with van der Waals surface area (Å²) in [5.41, 5.74) is 5.11. The van der Waals surface area contributed by atoms with Crippen molar-refractivity contribution >= 4 is 11.7 Å². The van der Waals surface area contributed by atoms with Crippen LogP contribution in [-0.2, 0) is 4.79 Å². The zero-order chi connectivity index (χ0) is 12.2. The van der Waals surface area contributed by atoms with E-state index >= 15 is 0 Å². The molecule has 0 saturated heterocycles. The van der Waals surface area contributed by atoms with Gasteiger partial charge in [-0.1, -0.05) is 24.3 Å². The van der Waals surface area contributed by atoms with E-state index in [0.717, 1.165) is 5.69 Å². The molecule has 0 amide bonds. The summed E-state index contributed by atoms with van der Waals surface area (Å²) in [7, 11) is 0. The fraction of sp³-hybridized carbons (Fsp3) is 0.250. The Hall–Kier alpha value is -1.81. The Morgan fingerprint density at radius 2 is 2.12 bits per heavy atom. The van der Waals surface area contributed by atoms with Crippen LogP contribution in [0.3, 0.4) is 0 Å². The Kier molecular flexibility index (Phi) is 3.68. The minimum Gasteiger partial charge on any atom is -0.478 e. The van der Waals surface area contributed by atoms with E-state index in [9.17, 15) is 4.79 Å². The largest absolute Gasteiger partial charge is 0.478 e. The van der Waals surface area contributed by atoms with Gasteiger partial charge in [0.05, 0.1) is 0 Å². The molecule has 0 heterocycles. The lowest BCUT2D eigenvalue weighted by atomic mass is 10.1. The van der Waals surface area contributed by atoms with Gasteiger partial charge in [-0.2, -0.15) is 0 Å². The van der Waals surface area contributed by atoms with Crippen LogP contribution in [0.25, 0.3) is 0 Å². The average Bonchev–Trinajstić information content (AvgIpc) is 2.26. The third-order valence-electron chi connectivity index (χ3n) is 2.37. The molecule has 1 unspecified atom stereocenters. The third kappa shape index (κ3) is 2.41. The molecule has 0 radical (unpaired) electrons. The van der Waals surface area contributed by atoms with Crippen molar-refractivity contribution in [1.29, 1.82) is 0 Å². The van der Waals surface area contributed by atoms with Gasteiger partial charge in [-0.15, -0.1) is 6.58 Å². The molecule has 0 aliphatic carbocycles. The monoisotopic (exact) mass is 220 g/mol. The fourth-order valence-corrected chi connectivity index (χ4v) is 1.42. The number of carboxylic acid groups (broad SMARTS) is 1. The summed E-state index contributed by atoms with van der Waals surface area (Å²) in [5, 5.41) is 9.10. The number of nitrogens with zero attached hydrogens (tertiary/aromatic N) is 1. The van der Waals surface area contributed by atoms with E-state index in [1.54, 1.807) is 11.0 Å². The van der Waals surface area contributed by atoms with E-state index in [1.807, 2.05) is 30.3 Å². The number of aliphatic carboxylic acids is 1. The smallest absolute Gasteiger partial charge is 0.344 e. The van der Waals surface area contributed by atoms with Crippen molar-refractivity contribution in [1.82, 2.24) is 0 Å². The van der Waals surface area contributed by atoms with Crippen LogP contribution < -0.4 is 10.6 Å². The maximum atomic E-state index is 11.1. The second kappa shape index (κ2) is 4.81. The van der Waals surface area contributed by atoms with Crippen LogP contribution >= 0.6 is 0 Å². The molecule has 1 aromatic carbocycles. The fourth-order valence-electron chi connectivity index (χ4n) is 1.42. The minimum atomic E-state index is -1.45. The highest BCUT2D eigenvalue weighted by Crippen LogP contribution is 2.20. The number of anilines is 1. The quantitative estimate of drug-likeness (QED) is 0.582. The minimum absolute atomic E-state index is 0.378. The van der Waals surface area contributed by atoms with Crippen molar-refractivity contribution in [3.8, 4) is 0 Å². The molecule has 0 bridgehead atoms. The number of rotatable bonds is 5. The van der Waals surface area contributed by atoms with E-state index in [4.69, 9.17) is 10.8 Å². The molecular formula is C12H16N2O2. The molecule has 1 rings (SSSR count). The topological polar surface area (TPSA) is 66.6 Å². The van der Waals surface area contributed by atoms with E-state index < -0.39 is 11.6 Å². The van der Waals surface area contributed by atoms with Gasteiger partial charge in [-0.25, -0.2) is 4.79 Å². The highest BCUT2D eigenvalue weighted by Gasteiger charge is 2.34. The van der Waals surface area contributed by atoms with Crippen LogP contribution in [0.5, 0.6) is 0 Å². The van der Waals surface area contributed by atoms with E-state index in [0.29, 0.717) is 6.54 Å². The second-order valence-corrected chi connectivity index (χ2v) is 3.69. The molecule has 0 aromatic heterocycles. The van der Waals surface area contributed by atoms with Gasteiger partial charge in [0, 0.05) is 12.2 Å². The standard InChI is InChI=1S/C12H16N2O2/c1-3-9-14(12(2,13)11(15)16)10-7-5-4-6-8-10/h3-8H,1,9,13H2,2H3,(H,15,16). The van der Waals surface area contributed by atoms with E-state index in [2.05, 4.69) is 6.58 Å². The molecule has 86 valence electrons. The maximum absolute atomic E-state index is 11.1. The van der Waals surface area contributed by atoms with Gasteiger partial charge in [-0.3, -0.25) is 5.73 Å². The van der Waals surface area contributed by atoms with Crippen molar-refractivity contribution in [3.63, 3.8) is 0 Å². The Labute approximate surface area is 95.0 Å². The van der Waals surface area contributed by atoms with Gasteiger partial charge in [0.25, 0.3) is 0 Å². The highest BCUT2D eigenvalue weighted by atomic mass is 16.4. The molecule has 4 nitrogen and oxygen atoms in total. The first kappa shape index (κ1) is 12.3. The van der Waals surface area contributed by atoms with Crippen LogP contribution in [0, 0.1) is 0 Å². The third-order valence-corrected chi connectivity index (χ3v) is 2.37. The number of carbonyl (C=O) groups is 1.